The summed E-state index contributed by atoms with van der Waals surface area (Å²) in [6, 6.07) is 8.26. The third-order valence-electron chi connectivity index (χ3n) is 5.31. The number of benzene rings is 2. The van der Waals surface area contributed by atoms with Crippen molar-refractivity contribution in [1.82, 2.24) is 5.32 Å². The molecule has 0 saturated heterocycles. The van der Waals surface area contributed by atoms with E-state index in [1.54, 1.807) is 45.6 Å². The van der Waals surface area contributed by atoms with E-state index >= 15 is 0 Å². The van der Waals surface area contributed by atoms with E-state index in [1.807, 2.05) is 11.8 Å². The maximum atomic E-state index is 12.7. The molecule has 1 heterocycles. The van der Waals surface area contributed by atoms with Gasteiger partial charge in [-0.3, -0.25) is 4.79 Å². The number of methoxy groups -OCH3 is 3. The molecule has 3 N–H and O–H groups in total. The number of anilines is 1. The zero-order valence-corrected chi connectivity index (χ0v) is 18.8. The van der Waals surface area contributed by atoms with Crippen LogP contribution >= 0.6 is 0 Å². The van der Waals surface area contributed by atoms with Gasteiger partial charge in [0.1, 0.15) is 5.75 Å². The number of nitrogens with zero attached hydrogens (tertiary/aromatic N) is 1. The van der Waals surface area contributed by atoms with Crippen molar-refractivity contribution in [1.29, 1.82) is 0 Å². The van der Waals surface area contributed by atoms with Crippen LogP contribution in [0.15, 0.2) is 35.2 Å². The molecule has 2 aromatic carbocycles. The van der Waals surface area contributed by atoms with Gasteiger partial charge in [-0.1, -0.05) is 0 Å². The van der Waals surface area contributed by atoms with Crippen LogP contribution in [-0.2, 0) is 27.8 Å². The fourth-order valence-electron chi connectivity index (χ4n) is 3.72. The SMILES string of the molecule is COc1cc(OC)c(OC)cc1CNC(=O)CN1c2ccc(S(N)(=O)=O)cc2C[C@@H]1C. The number of hydrogen-bond donors (Lipinski definition) is 2. The molecule has 1 amide bonds. The molecule has 0 bridgehead atoms. The summed E-state index contributed by atoms with van der Waals surface area (Å²) in [5.41, 5.74) is 2.44. The molecule has 9 nitrogen and oxygen atoms in total. The Balaban J connectivity index is 1.71. The number of carbonyl (C=O) groups excluding carboxylic acids is 1. The second kappa shape index (κ2) is 9.03. The van der Waals surface area contributed by atoms with E-state index in [1.165, 1.54) is 6.07 Å². The fourth-order valence-corrected chi connectivity index (χ4v) is 4.29. The van der Waals surface area contributed by atoms with E-state index in [0.717, 1.165) is 16.8 Å². The Bertz CT molecular complexity index is 1090. The standard InChI is InChI=1S/C21H27N3O6S/c1-13-7-14-8-16(31(22,26)27)5-6-17(14)24(13)12-21(25)23-11-15-9-19(29-3)20(30-4)10-18(15)28-2/h5-6,8-10,13H,7,11-12H2,1-4H3,(H,23,25)(H2,22,26,27)/t13-/m0/s1. The van der Waals surface area contributed by atoms with Gasteiger partial charge < -0.3 is 24.4 Å². The minimum Gasteiger partial charge on any atom is -0.496 e. The molecule has 1 aliphatic heterocycles. The molecule has 1 atom stereocenters. The van der Waals surface area contributed by atoms with Crippen molar-refractivity contribution in [3.05, 3.63) is 41.5 Å². The number of ether oxygens (including phenoxy) is 3. The van der Waals surface area contributed by atoms with Crippen molar-refractivity contribution in [2.24, 2.45) is 5.14 Å². The van der Waals surface area contributed by atoms with Crippen molar-refractivity contribution in [3.63, 3.8) is 0 Å². The summed E-state index contributed by atoms with van der Waals surface area (Å²) < 4.78 is 39.2. The highest BCUT2D eigenvalue weighted by Crippen LogP contribution is 2.35. The summed E-state index contributed by atoms with van der Waals surface area (Å²) in [6.07, 6.45) is 0.634. The number of sulfonamides is 1. The monoisotopic (exact) mass is 449 g/mol. The highest BCUT2D eigenvalue weighted by atomic mass is 32.2. The number of primary sulfonamides is 1. The molecule has 0 aliphatic carbocycles. The first-order chi connectivity index (χ1) is 14.7. The second-order valence-electron chi connectivity index (χ2n) is 7.31. The zero-order chi connectivity index (χ0) is 22.8. The number of fused-ring (bicyclic) bond motifs is 1. The molecule has 1 aliphatic rings. The minimum atomic E-state index is -3.77. The lowest BCUT2D eigenvalue weighted by Gasteiger charge is -2.24. The van der Waals surface area contributed by atoms with Gasteiger partial charge in [0, 0.05) is 29.9 Å². The second-order valence-corrected chi connectivity index (χ2v) is 8.87. The van der Waals surface area contributed by atoms with E-state index < -0.39 is 10.0 Å². The maximum absolute atomic E-state index is 12.7. The number of amides is 1. The molecular weight excluding hydrogens is 422 g/mol. The topological polar surface area (TPSA) is 120 Å². The molecule has 0 spiro atoms. The average molecular weight is 450 g/mol. The fraction of sp³-hybridized carbons (Fsp3) is 0.381. The highest BCUT2D eigenvalue weighted by molar-refractivity contribution is 7.89. The van der Waals surface area contributed by atoms with Gasteiger partial charge in [0.2, 0.25) is 15.9 Å². The summed E-state index contributed by atoms with van der Waals surface area (Å²) in [5.74, 6) is 1.48. The van der Waals surface area contributed by atoms with Crippen molar-refractivity contribution in [2.75, 3.05) is 32.8 Å². The molecule has 3 rings (SSSR count). The molecule has 2 aromatic rings. The minimum absolute atomic E-state index is 0.0482. The van der Waals surface area contributed by atoms with Gasteiger partial charge in [0.25, 0.3) is 0 Å². The van der Waals surface area contributed by atoms with Crippen LogP contribution in [0.4, 0.5) is 5.69 Å². The quantitative estimate of drug-likeness (QED) is 0.625. The van der Waals surface area contributed by atoms with Crippen LogP contribution in [0.2, 0.25) is 0 Å². The summed E-state index contributed by atoms with van der Waals surface area (Å²) >= 11 is 0. The third-order valence-corrected chi connectivity index (χ3v) is 6.22. The van der Waals surface area contributed by atoms with Crippen molar-refractivity contribution in [3.8, 4) is 17.2 Å². The molecule has 31 heavy (non-hydrogen) atoms. The molecule has 0 radical (unpaired) electrons. The van der Waals surface area contributed by atoms with Gasteiger partial charge in [-0.15, -0.1) is 0 Å². The van der Waals surface area contributed by atoms with Gasteiger partial charge >= 0.3 is 0 Å². The Morgan fingerprint density at radius 1 is 1.10 bits per heavy atom. The van der Waals surface area contributed by atoms with E-state index in [4.69, 9.17) is 19.3 Å². The summed E-state index contributed by atoms with van der Waals surface area (Å²) in [6.45, 7) is 2.38. The van der Waals surface area contributed by atoms with Gasteiger partial charge in [-0.05, 0) is 43.2 Å². The number of rotatable bonds is 8. The Morgan fingerprint density at radius 3 is 2.35 bits per heavy atom. The molecule has 0 aromatic heterocycles. The molecule has 10 heteroatoms. The van der Waals surface area contributed by atoms with Crippen LogP contribution in [0.1, 0.15) is 18.1 Å². The van der Waals surface area contributed by atoms with Crippen LogP contribution in [0, 0.1) is 0 Å². The van der Waals surface area contributed by atoms with Crippen LogP contribution in [0.25, 0.3) is 0 Å². The summed E-state index contributed by atoms with van der Waals surface area (Å²) in [4.78, 5) is 14.7. The number of carbonyl (C=O) groups is 1. The largest absolute Gasteiger partial charge is 0.496 e. The average Bonchev–Trinajstić information content (AvgIpc) is 3.05. The lowest BCUT2D eigenvalue weighted by atomic mass is 10.1. The predicted octanol–water partition coefficient (Wildman–Crippen LogP) is 1.43. The normalized spacial score (nSPS) is 15.4. The smallest absolute Gasteiger partial charge is 0.239 e. The van der Waals surface area contributed by atoms with Crippen LogP contribution in [0.3, 0.4) is 0 Å². The molecule has 0 saturated carbocycles. The van der Waals surface area contributed by atoms with E-state index in [9.17, 15) is 13.2 Å². The number of hydrogen-bond acceptors (Lipinski definition) is 7. The van der Waals surface area contributed by atoms with Crippen LogP contribution in [-0.4, -0.2) is 48.2 Å². The van der Waals surface area contributed by atoms with Gasteiger partial charge in [0.05, 0.1) is 32.8 Å². The summed E-state index contributed by atoms with van der Waals surface area (Å²) in [5, 5.41) is 8.13. The Hall–Kier alpha value is -2.98. The lowest BCUT2D eigenvalue weighted by molar-refractivity contribution is -0.120. The number of nitrogens with one attached hydrogen (secondary N) is 1. The first-order valence-electron chi connectivity index (χ1n) is 9.65. The Morgan fingerprint density at radius 2 is 1.74 bits per heavy atom. The molecule has 168 valence electrons. The van der Waals surface area contributed by atoms with Gasteiger partial charge in [0.15, 0.2) is 11.5 Å². The lowest BCUT2D eigenvalue weighted by Crippen LogP contribution is -2.39. The first kappa shape index (κ1) is 22.7. The van der Waals surface area contributed by atoms with E-state index in [0.29, 0.717) is 23.7 Å². The van der Waals surface area contributed by atoms with Crippen molar-refractivity contribution < 1.29 is 27.4 Å². The zero-order valence-electron chi connectivity index (χ0n) is 18.0. The predicted molar refractivity (Wildman–Crippen MR) is 116 cm³/mol. The number of nitrogens with two attached hydrogens (primary N) is 1. The molecule has 0 fully saturated rings. The molecular formula is C21H27N3O6S. The van der Waals surface area contributed by atoms with E-state index in [-0.39, 0.29) is 29.9 Å². The third kappa shape index (κ3) is 4.86. The Kier molecular flexibility index (Phi) is 6.61. The van der Waals surface area contributed by atoms with Crippen LogP contribution < -0.4 is 29.6 Å². The van der Waals surface area contributed by atoms with Crippen molar-refractivity contribution >= 4 is 21.6 Å². The molecule has 0 unspecified atom stereocenters. The highest BCUT2D eigenvalue weighted by Gasteiger charge is 2.28. The van der Waals surface area contributed by atoms with Gasteiger partial charge in [-0.25, -0.2) is 13.6 Å². The Labute approximate surface area is 182 Å². The van der Waals surface area contributed by atoms with Gasteiger partial charge in [-0.2, -0.15) is 0 Å². The summed E-state index contributed by atoms with van der Waals surface area (Å²) in [7, 11) is 0.862. The van der Waals surface area contributed by atoms with Crippen LogP contribution in [0.5, 0.6) is 17.2 Å². The first-order valence-corrected chi connectivity index (χ1v) is 11.2. The van der Waals surface area contributed by atoms with Crippen molar-refractivity contribution in [2.45, 2.75) is 30.8 Å². The van der Waals surface area contributed by atoms with E-state index in [2.05, 4.69) is 5.32 Å². The maximum Gasteiger partial charge on any atom is 0.239 e.